The van der Waals surface area contributed by atoms with E-state index in [-0.39, 0.29) is 17.5 Å². The quantitative estimate of drug-likeness (QED) is 0.703. The first kappa shape index (κ1) is 20.1. The number of hydrogen-bond donors (Lipinski definition) is 1. The van der Waals surface area contributed by atoms with Crippen LogP contribution in [0.25, 0.3) is 0 Å². The van der Waals surface area contributed by atoms with E-state index in [1.54, 1.807) is 0 Å². The standard InChI is InChI=1S/C17H22Cl2N2O3S/c1-25(23,24)21(14-7-8-15(18)16(19)11-14)12-17(22)20-10-9-13-5-3-2-4-6-13/h5,7-8,11H,2-4,6,9-10,12H2,1H3,(H,20,22). The summed E-state index contributed by atoms with van der Waals surface area (Å²) in [6, 6.07) is 4.46. The number of hydrogen-bond acceptors (Lipinski definition) is 3. The van der Waals surface area contributed by atoms with Gasteiger partial charge in [-0.15, -0.1) is 0 Å². The van der Waals surface area contributed by atoms with Gasteiger partial charge >= 0.3 is 0 Å². The molecule has 0 radical (unpaired) electrons. The van der Waals surface area contributed by atoms with Crippen molar-refractivity contribution in [2.45, 2.75) is 32.1 Å². The van der Waals surface area contributed by atoms with Gasteiger partial charge in [0.05, 0.1) is 22.0 Å². The number of carbonyl (C=O) groups is 1. The van der Waals surface area contributed by atoms with Crippen LogP contribution in [-0.4, -0.2) is 33.7 Å². The van der Waals surface area contributed by atoms with Crippen LogP contribution in [-0.2, 0) is 14.8 Å². The molecule has 0 saturated heterocycles. The molecule has 1 aliphatic rings. The smallest absolute Gasteiger partial charge is 0.240 e. The lowest BCUT2D eigenvalue weighted by Crippen LogP contribution is -2.40. The third-order valence-electron chi connectivity index (χ3n) is 4.03. The zero-order valence-electron chi connectivity index (χ0n) is 14.1. The summed E-state index contributed by atoms with van der Waals surface area (Å²) in [7, 11) is -3.63. The second-order valence-corrected chi connectivity index (χ2v) is 8.80. The van der Waals surface area contributed by atoms with E-state index in [1.807, 2.05) is 0 Å². The fraction of sp³-hybridized carbons (Fsp3) is 0.471. The Bertz CT molecular complexity index is 763. The minimum Gasteiger partial charge on any atom is -0.354 e. The Hall–Kier alpha value is -1.24. The lowest BCUT2D eigenvalue weighted by molar-refractivity contribution is -0.119. The predicted octanol–water partition coefficient (Wildman–Crippen LogP) is 3.77. The minimum absolute atomic E-state index is 0.234. The van der Waals surface area contributed by atoms with Crippen LogP contribution in [0.1, 0.15) is 32.1 Å². The molecule has 0 atom stereocenters. The zero-order valence-corrected chi connectivity index (χ0v) is 16.4. The summed E-state index contributed by atoms with van der Waals surface area (Å²) in [6.07, 6.45) is 8.68. The lowest BCUT2D eigenvalue weighted by Gasteiger charge is -2.22. The molecule has 0 heterocycles. The molecule has 0 bridgehead atoms. The lowest BCUT2D eigenvalue weighted by atomic mass is 9.97. The average Bonchev–Trinajstić information content (AvgIpc) is 2.55. The van der Waals surface area contributed by atoms with Crippen LogP contribution in [0, 0.1) is 0 Å². The Balaban J connectivity index is 1.98. The number of halogens is 2. The van der Waals surface area contributed by atoms with Crippen molar-refractivity contribution in [3.05, 3.63) is 39.9 Å². The van der Waals surface area contributed by atoms with Gasteiger partial charge in [-0.05, 0) is 50.3 Å². The Kier molecular flexibility index (Phi) is 7.16. The maximum absolute atomic E-state index is 12.2. The van der Waals surface area contributed by atoms with E-state index in [0.717, 1.165) is 29.8 Å². The number of allylic oxidation sites excluding steroid dienone is 1. The number of rotatable bonds is 7. The topological polar surface area (TPSA) is 66.5 Å². The van der Waals surface area contributed by atoms with Gasteiger partial charge in [-0.2, -0.15) is 0 Å². The maximum Gasteiger partial charge on any atom is 0.240 e. The van der Waals surface area contributed by atoms with Crippen LogP contribution in [0.3, 0.4) is 0 Å². The van der Waals surface area contributed by atoms with Gasteiger partial charge in [0.15, 0.2) is 0 Å². The van der Waals surface area contributed by atoms with Crippen LogP contribution in [0.15, 0.2) is 29.8 Å². The molecule has 0 aliphatic heterocycles. The summed E-state index contributed by atoms with van der Waals surface area (Å²) in [5.41, 5.74) is 1.66. The highest BCUT2D eigenvalue weighted by atomic mass is 35.5. The van der Waals surface area contributed by atoms with E-state index in [1.165, 1.54) is 36.6 Å². The Labute approximate surface area is 159 Å². The van der Waals surface area contributed by atoms with Gasteiger partial charge < -0.3 is 5.32 Å². The average molecular weight is 405 g/mol. The number of benzene rings is 1. The molecule has 1 amide bonds. The van der Waals surface area contributed by atoms with Crippen molar-refractivity contribution < 1.29 is 13.2 Å². The van der Waals surface area contributed by atoms with Crippen molar-refractivity contribution in [2.75, 3.05) is 23.7 Å². The predicted molar refractivity (Wildman–Crippen MR) is 103 cm³/mol. The van der Waals surface area contributed by atoms with Gasteiger partial charge in [0.2, 0.25) is 15.9 Å². The highest BCUT2D eigenvalue weighted by Crippen LogP contribution is 2.28. The molecular weight excluding hydrogens is 383 g/mol. The SMILES string of the molecule is CS(=O)(=O)N(CC(=O)NCCC1=CCCCC1)c1ccc(Cl)c(Cl)c1. The first-order valence-electron chi connectivity index (χ1n) is 8.15. The van der Waals surface area contributed by atoms with E-state index in [2.05, 4.69) is 11.4 Å². The fourth-order valence-corrected chi connectivity index (χ4v) is 3.86. The van der Waals surface area contributed by atoms with E-state index in [0.29, 0.717) is 17.3 Å². The van der Waals surface area contributed by atoms with Gasteiger partial charge in [-0.3, -0.25) is 9.10 Å². The summed E-state index contributed by atoms with van der Waals surface area (Å²) in [5, 5.41) is 3.34. The van der Waals surface area contributed by atoms with E-state index in [4.69, 9.17) is 23.2 Å². The highest BCUT2D eigenvalue weighted by molar-refractivity contribution is 7.92. The summed E-state index contributed by atoms with van der Waals surface area (Å²) in [6.45, 7) is 0.208. The number of amides is 1. The summed E-state index contributed by atoms with van der Waals surface area (Å²) in [5.74, 6) is -0.354. The van der Waals surface area contributed by atoms with Crippen LogP contribution in [0.2, 0.25) is 10.0 Å². The molecule has 2 rings (SSSR count). The van der Waals surface area contributed by atoms with Gasteiger partial charge in [-0.1, -0.05) is 34.9 Å². The monoisotopic (exact) mass is 404 g/mol. The normalized spacial score (nSPS) is 14.8. The van der Waals surface area contributed by atoms with Gasteiger partial charge in [0.1, 0.15) is 6.54 Å². The molecule has 1 N–H and O–H groups in total. The Morgan fingerprint density at radius 2 is 2.00 bits per heavy atom. The van der Waals surface area contributed by atoms with Crippen molar-refractivity contribution in [2.24, 2.45) is 0 Å². The molecule has 5 nitrogen and oxygen atoms in total. The summed E-state index contributed by atoms with van der Waals surface area (Å²) < 4.78 is 25.1. The molecule has 0 unspecified atom stereocenters. The maximum atomic E-state index is 12.2. The van der Waals surface area contributed by atoms with E-state index < -0.39 is 10.0 Å². The second-order valence-electron chi connectivity index (χ2n) is 6.08. The Morgan fingerprint density at radius 1 is 1.24 bits per heavy atom. The van der Waals surface area contributed by atoms with E-state index >= 15 is 0 Å². The second kappa shape index (κ2) is 8.92. The first-order valence-corrected chi connectivity index (χ1v) is 10.7. The van der Waals surface area contributed by atoms with Crippen molar-refractivity contribution in [3.8, 4) is 0 Å². The third-order valence-corrected chi connectivity index (χ3v) is 5.91. The first-order chi connectivity index (χ1) is 11.8. The molecule has 0 aromatic heterocycles. The van der Waals surface area contributed by atoms with Crippen LogP contribution in [0.4, 0.5) is 5.69 Å². The molecule has 1 aromatic carbocycles. The van der Waals surface area contributed by atoms with E-state index in [9.17, 15) is 13.2 Å². The molecule has 8 heteroatoms. The minimum atomic E-state index is -3.63. The zero-order chi connectivity index (χ0) is 18.4. The molecule has 0 spiro atoms. The van der Waals surface area contributed by atoms with Crippen molar-refractivity contribution in [3.63, 3.8) is 0 Å². The van der Waals surface area contributed by atoms with Crippen LogP contribution < -0.4 is 9.62 Å². The number of nitrogens with one attached hydrogen (secondary N) is 1. The van der Waals surface area contributed by atoms with Crippen LogP contribution in [0.5, 0.6) is 0 Å². The number of carbonyl (C=O) groups excluding carboxylic acids is 1. The number of sulfonamides is 1. The molecular formula is C17H22Cl2N2O3S. The van der Waals surface area contributed by atoms with Crippen molar-refractivity contribution >= 4 is 44.8 Å². The van der Waals surface area contributed by atoms with Gasteiger partial charge in [-0.25, -0.2) is 8.42 Å². The number of nitrogens with zero attached hydrogens (tertiary/aromatic N) is 1. The van der Waals surface area contributed by atoms with Gasteiger partial charge in [0.25, 0.3) is 0 Å². The number of anilines is 1. The largest absolute Gasteiger partial charge is 0.354 e. The molecule has 0 fully saturated rings. The fourth-order valence-electron chi connectivity index (χ4n) is 2.72. The van der Waals surface area contributed by atoms with Crippen LogP contribution >= 0.6 is 23.2 Å². The third kappa shape index (κ3) is 6.20. The van der Waals surface area contributed by atoms with Gasteiger partial charge in [0, 0.05) is 6.54 Å². The summed E-state index contributed by atoms with van der Waals surface area (Å²) >= 11 is 11.8. The molecule has 0 saturated carbocycles. The molecule has 138 valence electrons. The summed E-state index contributed by atoms with van der Waals surface area (Å²) in [4.78, 5) is 12.2. The Morgan fingerprint density at radius 3 is 2.60 bits per heavy atom. The highest BCUT2D eigenvalue weighted by Gasteiger charge is 2.21. The molecule has 1 aromatic rings. The molecule has 1 aliphatic carbocycles. The van der Waals surface area contributed by atoms with Crippen molar-refractivity contribution in [1.29, 1.82) is 0 Å². The van der Waals surface area contributed by atoms with Crippen molar-refractivity contribution in [1.82, 2.24) is 5.32 Å². The molecule has 25 heavy (non-hydrogen) atoms.